The molecule has 0 spiro atoms. The first-order valence-electron chi connectivity index (χ1n) is 6.82. The van der Waals surface area contributed by atoms with E-state index in [9.17, 15) is 9.59 Å². The van der Waals surface area contributed by atoms with Crippen LogP contribution in [0.2, 0.25) is 0 Å². The zero-order valence-electron chi connectivity index (χ0n) is 12.6. The Hall–Kier alpha value is -2.76. The van der Waals surface area contributed by atoms with Crippen molar-refractivity contribution in [2.75, 3.05) is 13.2 Å². The summed E-state index contributed by atoms with van der Waals surface area (Å²) < 4.78 is 15.5. The molecule has 118 valence electrons. The normalized spacial score (nSPS) is 11.5. The lowest BCUT2D eigenvalue weighted by Crippen LogP contribution is -2.30. The van der Waals surface area contributed by atoms with E-state index in [-0.39, 0.29) is 13.2 Å². The summed E-state index contributed by atoms with van der Waals surface area (Å²) in [5.41, 5.74) is 0.925. The maximum absolute atomic E-state index is 11.3. The SMILES string of the molecule is [B]C=Cc1ccc(OCC(COC(=O)C=C)OC(=O)C=C)cc1. The summed E-state index contributed by atoms with van der Waals surface area (Å²) in [6.07, 6.45) is 3.04. The predicted octanol–water partition coefficient (Wildman–Crippen LogP) is 2.03. The Bertz CT molecular complexity index is 577. The average Bonchev–Trinajstić information content (AvgIpc) is 2.58. The number of ether oxygens (including phenoxy) is 3. The molecule has 1 rings (SSSR count). The van der Waals surface area contributed by atoms with Gasteiger partial charge in [0, 0.05) is 12.2 Å². The molecule has 2 radical (unpaired) electrons. The Labute approximate surface area is 136 Å². The minimum Gasteiger partial charge on any atom is -0.490 e. The molecular weight excluding hydrogens is 295 g/mol. The lowest BCUT2D eigenvalue weighted by Gasteiger charge is -2.17. The van der Waals surface area contributed by atoms with Gasteiger partial charge in [-0.25, -0.2) is 9.59 Å². The van der Waals surface area contributed by atoms with Crippen molar-refractivity contribution in [2.45, 2.75) is 6.10 Å². The number of esters is 2. The number of hydrogen-bond acceptors (Lipinski definition) is 5. The second-order valence-corrected chi connectivity index (χ2v) is 4.34. The maximum Gasteiger partial charge on any atom is 0.330 e. The predicted molar refractivity (Wildman–Crippen MR) is 88.0 cm³/mol. The smallest absolute Gasteiger partial charge is 0.330 e. The molecule has 0 saturated carbocycles. The van der Waals surface area contributed by atoms with Crippen molar-refractivity contribution in [1.82, 2.24) is 0 Å². The van der Waals surface area contributed by atoms with Gasteiger partial charge in [0.15, 0.2) is 6.10 Å². The molecule has 1 unspecified atom stereocenters. The quantitative estimate of drug-likeness (QED) is 0.397. The molecule has 0 aliphatic carbocycles. The van der Waals surface area contributed by atoms with E-state index in [1.807, 2.05) is 12.1 Å². The topological polar surface area (TPSA) is 61.8 Å². The fraction of sp³-hybridized carbons (Fsp3) is 0.176. The molecule has 1 aromatic rings. The molecular formula is C17H17BO5. The molecule has 0 aliphatic rings. The van der Waals surface area contributed by atoms with Crippen molar-refractivity contribution >= 4 is 25.9 Å². The molecule has 0 aliphatic heterocycles. The van der Waals surface area contributed by atoms with Gasteiger partial charge in [0.25, 0.3) is 0 Å². The van der Waals surface area contributed by atoms with E-state index in [0.29, 0.717) is 5.75 Å². The Morgan fingerprint density at radius 2 is 1.74 bits per heavy atom. The first-order chi connectivity index (χ1) is 11.1. The van der Waals surface area contributed by atoms with Gasteiger partial charge in [-0.3, -0.25) is 0 Å². The molecule has 0 fully saturated rings. The van der Waals surface area contributed by atoms with Crippen molar-refractivity contribution < 1.29 is 23.8 Å². The zero-order chi connectivity index (χ0) is 17.1. The van der Waals surface area contributed by atoms with Crippen LogP contribution in [0.4, 0.5) is 0 Å². The Balaban J connectivity index is 2.60. The Kier molecular flexibility index (Phi) is 8.00. The van der Waals surface area contributed by atoms with E-state index in [4.69, 9.17) is 22.1 Å². The molecule has 0 aromatic heterocycles. The van der Waals surface area contributed by atoms with Gasteiger partial charge in [-0.15, -0.1) is 5.98 Å². The third-order valence-electron chi connectivity index (χ3n) is 2.63. The molecule has 0 amide bonds. The van der Waals surface area contributed by atoms with Crippen LogP contribution in [0.5, 0.6) is 5.75 Å². The minimum absolute atomic E-state index is 0.0239. The number of carbonyl (C=O) groups excluding carboxylic acids is 2. The van der Waals surface area contributed by atoms with Crippen LogP contribution in [0.25, 0.3) is 6.08 Å². The third kappa shape index (κ3) is 7.17. The molecule has 23 heavy (non-hydrogen) atoms. The van der Waals surface area contributed by atoms with Gasteiger partial charge in [-0.05, 0) is 17.7 Å². The van der Waals surface area contributed by atoms with E-state index in [1.54, 1.807) is 18.2 Å². The van der Waals surface area contributed by atoms with Crippen LogP contribution in [-0.4, -0.2) is 39.1 Å². The van der Waals surface area contributed by atoms with Crippen LogP contribution in [0.3, 0.4) is 0 Å². The average molecular weight is 312 g/mol. The highest BCUT2D eigenvalue weighted by atomic mass is 16.6. The van der Waals surface area contributed by atoms with Gasteiger partial charge in [0.2, 0.25) is 0 Å². The van der Waals surface area contributed by atoms with Crippen molar-refractivity contribution in [1.29, 1.82) is 0 Å². The lowest BCUT2D eigenvalue weighted by atomic mass is 10.1. The molecule has 1 aromatic carbocycles. The number of rotatable bonds is 9. The Morgan fingerprint density at radius 3 is 2.30 bits per heavy atom. The van der Waals surface area contributed by atoms with Crippen molar-refractivity contribution in [3.63, 3.8) is 0 Å². The molecule has 0 heterocycles. The first-order valence-corrected chi connectivity index (χ1v) is 6.82. The van der Waals surface area contributed by atoms with Crippen molar-refractivity contribution in [3.8, 4) is 5.75 Å². The minimum atomic E-state index is -0.756. The van der Waals surface area contributed by atoms with Crippen LogP contribution in [-0.2, 0) is 19.1 Å². The second-order valence-electron chi connectivity index (χ2n) is 4.34. The van der Waals surface area contributed by atoms with Gasteiger partial charge < -0.3 is 14.2 Å². The van der Waals surface area contributed by atoms with Gasteiger partial charge >= 0.3 is 11.9 Å². The number of carbonyl (C=O) groups is 2. The summed E-state index contributed by atoms with van der Waals surface area (Å²) in [6, 6.07) is 7.14. The van der Waals surface area contributed by atoms with Crippen molar-refractivity contribution in [2.24, 2.45) is 0 Å². The van der Waals surface area contributed by atoms with E-state index >= 15 is 0 Å². The van der Waals surface area contributed by atoms with Gasteiger partial charge in [-0.1, -0.05) is 31.4 Å². The molecule has 1 atom stereocenters. The highest BCUT2D eigenvalue weighted by Gasteiger charge is 2.16. The van der Waals surface area contributed by atoms with Crippen molar-refractivity contribution in [3.05, 3.63) is 61.1 Å². The second kappa shape index (κ2) is 10.1. The van der Waals surface area contributed by atoms with Crippen LogP contribution < -0.4 is 4.74 Å². The zero-order valence-corrected chi connectivity index (χ0v) is 12.6. The van der Waals surface area contributed by atoms with Crippen LogP contribution in [0.1, 0.15) is 5.56 Å². The largest absolute Gasteiger partial charge is 0.490 e. The molecule has 0 bridgehead atoms. The van der Waals surface area contributed by atoms with E-state index in [1.165, 1.54) is 5.98 Å². The van der Waals surface area contributed by atoms with Gasteiger partial charge in [0.1, 0.15) is 26.8 Å². The Morgan fingerprint density at radius 1 is 1.09 bits per heavy atom. The molecule has 5 nitrogen and oxygen atoms in total. The van der Waals surface area contributed by atoms with E-state index in [0.717, 1.165) is 17.7 Å². The first kappa shape index (κ1) is 18.3. The summed E-state index contributed by atoms with van der Waals surface area (Å²) in [6.45, 7) is 6.49. The molecule has 6 heteroatoms. The molecule has 0 saturated heterocycles. The fourth-order valence-corrected chi connectivity index (χ4v) is 1.54. The maximum atomic E-state index is 11.3. The number of hydrogen-bond donors (Lipinski definition) is 0. The third-order valence-corrected chi connectivity index (χ3v) is 2.63. The summed E-state index contributed by atoms with van der Waals surface area (Å²) in [7, 11) is 5.31. The van der Waals surface area contributed by atoms with Crippen LogP contribution >= 0.6 is 0 Å². The lowest BCUT2D eigenvalue weighted by molar-refractivity contribution is -0.154. The molecule has 0 N–H and O–H groups in total. The number of benzene rings is 1. The summed E-state index contributed by atoms with van der Waals surface area (Å²) in [5, 5.41) is 0. The monoisotopic (exact) mass is 312 g/mol. The van der Waals surface area contributed by atoms with Crippen LogP contribution in [0.15, 0.2) is 55.6 Å². The highest BCUT2D eigenvalue weighted by molar-refractivity contribution is 6.19. The van der Waals surface area contributed by atoms with E-state index in [2.05, 4.69) is 13.2 Å². The summed E-state index contributed by atoms with van der Waals surface area (Å²) >= 11 is 0. The van der Waals surface area contributed by atoms with E-state index < -0.39 is 18.0 Å². The fourth-order valence-electron chi connectivity index (χ4n) is 1.54. The highest BCUT2D eigenvalue weighted by Crippen LogP contribution is 2.14. The summed E-state index contributed by atoms with van der Waals surface area (Å²) in [4.78, 5) is 22.4. The van der Waals surface area contributed by atoms with Crippen LogP contribution in [0, 0.1) is 0 Å². The van der Waals surface area contributed by atoms with Gasteiger partial charge in [-0.2, -0.15) is 0 Å². The van der Waals surface area contributed by atoms with Gasteiger partial charge in [0.05, 0.1) is 0 Å². The standard InChI is InChI=1S/C17H17BO5/c1-3-16(19)22-12-15(23-17(20)4-2)11-21-14-7-5-13(6-8-14)9-10-18/h3-10,15H,1-2,11-12H2. The summed E-state index contributed by atoms with van der Waals surface area (Å²) in [5.74, 6) is 0.780.